The second-order valence-corrected chi connectivity index (χ2v) is 6.54. The Morgan fingerprint density at radius 2 is 1.79 bits per heavy atom. The van der Waals surface area contributed by atoms with E-state index in [0.717, 1.165) is 18.7 Å². The van der Waals surface area contributed by atoms with Crippen molar-refractivity contribution in [2.45, 2.75) is 6.42 Å². The van der Waals surface area contributed by atoms with E-state index in [9.17, 15) is 8.42 Å². The van der Waals surface area contributed by atoms with Crippen molar-refractivity contribution in [2.24, 2.45) is 23.7 Å². The Bertz CT molecular complexity index is 669. The van der Waals surface area contributed by atoms with E-state index >= 15 is 0 Å². The van der Waals surface area contributed by atoms with Crippen molar-refractivity contribution in [3.8, 4) is 0 Å². The first kappa shape index (κ1) is 11.3. The molecule has 3 aliphatic rings. The van der Waals surface area contributed by atoms with Crippen LogP contribution in [0.3, 0.4) is 0 Å². The van der Waals surface area contributed by atoms with Gasteiger partial charge in [-0.2, -0.15) is 8.42 Å². The number of benzene rings is 1. The van der Waals surface area contributed by atoms with E-state index in [4.69, 9.17) is 0 Å². The Morgan fingerprint density at radius 1 is 1.05 bits per heavy atom. The number of anilines is 1. The van der Waals surface area contributed by atoms with Crippen LogP contribution in [0.15, 0.2) is 42.5 Å². The lowest BCUT2D eigenvalue weighted by Gasteiger charge is -2.20. The molecule has 0 N–H and O–H groups in total. The molecule has 2 aliphatic carbocycles. The first-order valence-corrected chi connectivity index (χ1v) is 7.80. The van der Waals surface area contributed by atoms with Crippen molar-refractivity contribution < 1.29 is 8.42 Å². The maximum absolute atomic E-state index is 11.7. The predicted molar refractivity (Wildman–Crippen MR) is 75.4 cm³/mol. The van der Waals surface area contributed by atoms with Gasteiger partial charge in [0.05, 0.1) is 0 Å². The number of para-hydroxylation sites is 1. The highest BCUT2D eigenvalue weighted by atomic mass is 32.2. The SMILES string of the molecule is O=S(=O)=C1C2C3C=CC(C3)C2CN1c1ccccc1. The highest BCUT2D eigenvalue weighted by Gasteiger charge is 2.53. The minimum Gasteiger partial charge on any atom is -0.332 e. The summed E-state index contributed by atoms with van der Waals surface area (Å²) in [6.07, 6.45) is 5.64. The van der Waals surface area contributed by atoms with Crippen LogP contribution >= 0.6 is 0 Å². The van der Waals surface area contributed by atoms with Crippen molar-refractivity contribution in [3.05, 3.63) is 42.5 Å². The van der Waals surface area contributed by atoms with Gasteiger partial charge in [0.1, 0.15) is 4.99 Å². The van der Waals surface area contributed by atoms with E-state index < -0.39 is 10.3 Å². The summed E-state index contributed by atoms with van der Waals surface area (Å²) >= 11 is 0. The van der Waals surface area contributed by atoms with Crippen LogP contribution in [0.4, 0.5) is 5.69 Å². The van der Waals surface area contributed by atoms with Crippen molar-refractivity contribution in [3.63, 3.8) is 0 Å². The number of nitrogens with zero attached hydrogens (tertiary/aromatic N) is 1. The summed E-state index contributed by atoms with van der Waals surface area (Å²) in [6.45, 7) is 0.837. The highest BCUT2D eigenvalue weighted by molar-refractivity contribution is 7.73. The van der Waals surface area contributed by atoms with Crippen LogP contribution < -0.4 is 4.90 Å². The van der Waals surface area contributed by atoms with Crippen LogP contribution in [0.25, 0.3) is 0 Å². The summed E-state index contributed by atoms with van der Waals surface area (Å²) in [6, 6.07) is 9.86. The van der Waals surface area contributed by atoms with E-state index in [0.29, 0.717) is 22.7 Å². The monoisotopic (exact) mass is 273 g/mol. The Balaban J connectivity index is 1.82. The number of rotatable bonds is 1. The molecule has 0 radical (unpaired) electrons. The zero-order valence-electron chi connectivity index (χ0n) is 10.4. The third kappa shape index (κ3) is 1.53. The van der Waals surface area contributed by atoms with Crippen LogP contribution in [-0.2, 0) is 10.3 Å². The van der Waals surface area contributed by atoms with Gasteiger partial charge >= 0.3 is 0 Å². The number of hydrogen-bond acceptors (Lipinski definition) is 2. The molecule has 2 bridgehead atoms. The van der Waals surface area contributed by atoms with Crippen LogP contribution in [0.5, 0.6) is 0 Å². The van der Waals surface area contributed by atoms with Gasteiger partial charge in [-0.05, 0) is 36.3 Å². The van der Waals surface area contributed by atoms with Gasteiger partial charge in [0.25, 0.3) is 0 Å². The summed E-state index contributed by atoms with van der Waals surface area (Å²) < 4.78 is 23.4. The lowest BCUT2D eigenvalue weighted by molar-refractivity contribution is 0.437. The summed E-state index contributed by atoms with van der Waals surface area (Å²) in [5.74, 6) is 1.68. The zero-order valence-corrected chi connectivity index (χ0v) is 11.3. The topological polar surface area (TPSA) is 37.4 Å². The van der Waals surface area contributed by atoms with Gasteiger partial charge < -0.3 is 4.90 Å². The fraction of sp³-hybridized carbons (Fsp3) is 0.400. The molecule has 0 spiro atoms. The average Bonchev–Trinajstić information content (AvgIpc) is 3.10. The quantitative estimate of drug-likeness (QED) is 0.580. The van der Waals surface area contributed by atoms with Gasteiger partial charge in [-0.15, -0.1) is 0 Å². The molecule has 4 unspecified atom stereocenters. The molecule has 3 nitrogen and oxygen atoms in total. The van der Waals surface area contributed by atoms with Crippen LogP contribution in [0, 0.1) is 23.7 Å². The fourth-order valence-corrected chi connectivity index (χ4v) is 4.99. The maximum Gasteiger partial charge on any atom is 0.234 e. The minimum atomic E-state index is -2.13. The van der Waals surface area contributed by atoms with Crippen molar-refractivity contribution in [2.75, 3.05) is 11.4 Å². The minimum absolute atomic E-state index is 0.202. The largest absolute Gasteiger partial charge is 0.332 e. The molecular weight excluding hydrogens is 258 g/mol. The van der Waals surface area contributed by atoms with E-state index in [2.05, 4.69) is 12.2 Å². The Kier molecular flexibility index (Phi) is 2.36. The van der Waals surface area contributed by atoms with Crippen LogP contribution in [-0.4, -0.2) is 20.0 Å². The predicted octanol–water partition coefficient (Wildman–Crippen LogP) is 1.95. The smallest absolute Gasteiger partial charge is 0.234 e. The third-order valence-electron chi connectivity index (χ3n) is 4.81. The van der Waals surface area contributed by atoms with Gasteiger partial charge in [-0.3, -0.25) is 0 Å². The van der Waals surface area contributed by atoms with E-state index in [1.54, 1.807) is 0 Å². The molecular formula is C15H15NO2S. The lowest BCUT2D eigenvalue weighted by Crippen LogP contribution is -2.30. The number of allylic oxidation sites excluding steroid dienone is 2. The van der Waals surface area contributed by atoms with Crippen molar-refractivity contribution in [1.29, 1.82) is 0 Å². The third-order valence-corrected chi connectivity index (χ3v) is 5.64. The molecule has 19 heavy (non-hydrogen) atoms. The second-order valence-electron chi connectivity index (χ2n) is 5.66. The van der Waals surface area contributed by atoms with E-state index in [1.165, 1.54) is 0 Å². The molecule has 98 valence electrons. The summed E-state index contributed by atoms with van der Waals surface area (Å²) in [5, 5.41) is 0. The molecule has 1 aliphatic heterocycles. The van der Waals surface area contributed by atoms with Crippen LogP contribution in [0.1, 0.15) is 6.42 Å². The Labute approximate surface area is 114 Å². The second kappa shape index (κ2) is 3.97. The van der Waals surface area contributed by atoms with E-state index in [-0.39, 0.29) is 5.92 Å². The molecule has 4 heteroatoms. The van der Waals surface area contributed by atoms with Crippen molar-refractivity contribution >= 4 is 21.0 Å². The van der Waals surface area contributed by atoms with Crippen molar-refractivity contribution in [1.82, 2.24) is 0 Å². The fourth-order valence-electron chi connectivity index (χ4n) is 4.06. The van der Waals surface area contributed by atoms with E-state index in [1.807, 2.05) is 35.2 Å². The molecule has 0 aromatic heterocycles. The normalized spacial score (nSPS) is 34.9. The highest BCUT2D eigenvalue weighted by Crippen LogP contribution is 2.52. The molecule has 0 amide bonds. The van der Waals surface area contributed by atoms with Gasteiger partial charge in [0.2, 0.25) is 10.3 Å². The molecule has 2 fully saturated rings. The summed E-state index contributed by atoms with van der Waals surface area (Å²) in [5.41, 5.74) is 0.996. The summed E-state index contributed by atoms with van der Waals surface area (Å²) in [7, 11) is -2.13. The molecule has 1 saturated heterocycles. The molecule has 1 heterocycles. The molecule has 1 aromatic carbocycles. The van der Waals surface area contributed by atoms with Gasteiger partial charge in [0.15, 0.2) is 0 Å². The standard InChI is InChI=1S/C15H15NO2S/c17-19(18)15-14-11-7-6-10(8-11)13(14)9-16(15)12-4-2-1-3-5-12/h1-7,10-11,13-14H,8-9H2. The van der Waals surface area contributed by atoms with Gasteiger partial charge in [-0.25, -0.2) is 0 Å². The molecule has 4 rings (SSSR count). The Morgan fingerprint density at radius 3 is 2.53 bits per heavy atom. The first-order chi connectivity index (χ1) is 9.25. The zero-order chi connectivity index (χ0) is 13.0. The summed E-state index contributed by atoms with van der Waals surface area (Å²) in [4.78, 5) is 2.61. The number of fused-ring (bicyclic) bond motifs is 5. The molecule has 1 aromatic rings. The van der Waals surface area contributed by atoms with Crippen LogP contribution in [0.2, 0.25) is 0 Å². The first-order valence-electron chi connectivity index (χ1n) is 6.73. The molecule has 4 atom stereocenters. The average molecular weight is 273 g/mol. The van der Waals surface area contributed by atoms with Gasteiger partial charge in [0, 0.05) is 18.2 Å². The number of hydrogen-bond donors (Lipinski definition) is 0. The Hall–Kier alpha value is -1.55. The lowest BCUT2D eigenvalue weighted by atomic mass is 9.86. The van der Waals surface area contributed by atoms with Gasteiger partial charge in [-0.1, -0.05) is 30.4 Å². The molecule has 1 saturated carbocycles. The maximum atomic E-state index is 11.7.